The first-order chi connectivity index (χ1) is 11.1. The van der Waals surface area contributed by atoms with Crippen LogP contribution in [0.15, 0.2) is 47.4 Å². The van der Waals surface area contributed by atoms with Crippen LogP contribution in [0.2, 0.25) is 0 Å². The number of ether oxygens (including phenoxy) is 2. The molecule has 0 radical (unpaired) electrons. The Bertz CT molecular complexity index is 742. The van der Waals surface area contributed by atoms with E-state index in [4.69, 9.17) is 4.74 Å². The quantitative estimate of drug-likeness (QED) is 0.831. The molecule has 2 aromatic rings. The molecule has 1 N–H and O–H groups in total. The van der Waals surface area contributed by atoms with Crippen LogP contribution < -0.4 is 11.0 Å². The Kier molecular flexibility index (Phi) is 5.45. The predicted octanol–water partition coefficient (Wildman–Crippen LogP) is 1.16. The first-order valence-corrected chi connectivity index (χ1v) is 6.70. The highest BCUT2D eigenvalue weighted by molar-refractivity contribution is 5.83. The van der Waals surface area contributed by atoms with Gasteiger partial charge < -0.3 is 9.47 Å². The number of carbonyl (C=O) groups is 2. The molecule has 0 atom stereocenters. The normalized spacial score (nSPS) is 9.96. The molecule has 1 aromatic heterocycles. The fourth-order valence-electron chi connectivity index (χ4n) is 1.69. The molecule has 8 heteroatoms. The molecule has 1 heterocycles. The van der Waals surface area contributed by atoms with Crippen LogP contribution in [0.4, 0.5) is 10.6 Å². The third-order valence-corrected chi connectivity index (χ3v) is 2.84. The van der Waals surface area contributed by atoms with Crippen LogP contribution in [-0.4, -0.2) is 28.7 Å². The van der Waals surface area contributed by atoms with E-state index in [1.54, 1.807) is 0 Å². The zero-order chi connectivity index (χ0) is 16.7. The Morgan fingerprint density at radius 1 is 1.22 bits per heavy atom. The van der Waals surface area contributed by atoms with Crippen molar-refractivity contribution in [3.05, 3.63) is 58.6 Å². The first-order valence-electron chi connectivity index (χ1n) is 6.70. The SMILES string of the molecule is COC(=O)Cn1ccc(NC(=O)OCc2ccccc2)nc1=O. The van der Waals surface area contributed by atoms with E-state index in [1.807, 2.05) is 30.3 Å². The van der Waals surface area contributed by atoms with Crippen LogP contribution in [-0.2, 0) is 27.4 Å². The average molecular weight is 317 g/mol. The van der Waals surface area contributed by atoms with Gasteiger partial charge in [0.25, 0.3) is 0 Å². The third kappa shape index (κ3) is 4.95. The van der Waals surface area contributed by atoms with E-state index in [1.165, 1.54) is 19.4 Å². The third-order valence-electron chi connectivity index (χ3n) is 2.84. The van der Waals surface area contributed by atoms with Gasteiger partial charge in [0.15, 0.2) is 0 Å². The maximum absolute atomic E-state index is 11.7. The first kappa shape index (κ1) is 16.2. The molecule has 0 aliphatic carbocycles. The average Bonchev–Trinajstić information content (AvgIpc) is 2.56. The number of nitrogens with one attached hydrogen (secondary N) is 1. The second-order valence-electron chi connectivity index (χ2n) is 4.49. The van der Waals surface area contributed by atoms with Crippen molar-refractivity contribution in [2.75, 3.05) is 12.4 Å². The van der Waals surface area contributed by atoms with Crippen LogP contribution in [0.25, 0.3) is 0 Å². The summed E-state index contributed by atoms with van der Waals surface area (Å²) < 4.78 is 10.5. The summed E-state index contributed by atoms with van der Waals surface area (Å²) in [6, 6.07) is 10.5. The maximum atomic E-state index is 11.7. The number of hydrogen-bond acceptors (Lipinski definition) is 6. The Morgan fingerprint density at radius 3 is 2.61 bits per heavy atom. The van der Waals surface area contributed by atoms with Crippen molar-refractivity contribution in [2.24, 2.45) is 0 Å². The highest BCUT2D eigenvalue weighted by Crippen LogP contribution is 2.03. The zero-order valence-corrected chi connectivity index (χ0v) is 12.4. The van der Waals surface area contributed by atoms with Crippen LogP contribution >= 0.6 is 0 Å². The molecule has 0 saturated carbocycles. The largest absolute Gasteiger partial charge is 0.468 e. The second-order valence-corrected chi connectivity index (χ2v) is 4.49. The van der Waals surface area contributed by atoms with Crippen LogP contribution in [0.3, 0.4) is 0 Å². The summed E-state index contributed by atoms with van der Waals surface area (Å²) >= 11 is 0. The van der Waals surface area contributed by atoms with Crippen molar-refractivity contribution < 1.29 is 19.1 Å². The number of amides is 1. The number of benzene rings is 1. The van der Waals surface area contributed by atoms with Gasteiger partial charge in [-0.05, 0) is 11.6 Å². The number of methoxy groups -OCH3 is 1. The minimum atomic E-state index is -0.730. The van der Waals surface area contributed by atoms with Gasteiger partial charge in [0, 0.05) is 6.20 Å². The number of esters is 1. The smallest absolute Gasteiger partial charge is 0.413 e. The molecule has 0 unspecified atom stereocenters. The lowest BCUT2D eigenvalue weighted by molar-refractivity contribution is -0.141. The molecule has 23 heavy (non-hydrogen) atoms. The number of carbonyl (C=O) groups excluding carboxylic acids is 2. The summed E-state index contributed by atoms with van der Waals surface area (Å²) in [6.45, 7) is -0.146. The molecule has 0 saturated heterocycles. The maximum Gasteiger partial charge on any atom is 0.413 e. The van der Waals surface area contributed by atoms with Gasteiger partial charge in [-0.15, -0.1) is 0 Å². The standard InChI is InChI=1S/C15H15N3O5/c1-22-13(19)9-18-8-7-12(16-14(18)20)17-15(21)23-10-11-5-3-2-4-6-11/h2-8H,9-10H2,1H3,(H,16,17,20,21). The van der Waals surface area contributed by atoms with Gasteiger partial charge in [-0.25, -0.2) is 9.59 Å². The van der Waals surface area contributed by atoms with Gasteiger partial charge in [0.2, 0.25) is 0 Å². The van der Waals surface area contributed by atoms with Gasteiger partial charge >= 0.3 is 17.8 Å². The summed E-state index contributed by atoms with van der Waals surface area (Å²) in [7, 11) is 1.22. The van der Waals surface area contributed by atoms with E-state index >= 15 is 0 Å². The van der Waals surface area contributed by atoms with Gasteiger partial charge in [0.1, 0.15) is 19.0 Å². The number of anilines is 1. The monoisotopic (exact) mass is 317 g/mol. The van der Waals surface area contributed by atoms with Crippen molar-refractivity contribution in [2.45, 2.75) is 13.2 Å². The lowest BCUT2D eigenvalue weighted by Crippen LogP contribution is -2.28. The van der Waals surface area contributed by atoms with Crippen molar-refractivity contribution in [3.63, 3.8) is 0 Å². The highest BCUT2D eigenvalue weighted by atomic mass is 16.5. The Hall–Kier alpha value is -3.16. The lowest BCUT2D eigenvalue weighted by atomic mass is 10.2. The van der Waals surface area contributed by atoms with E-state index < -0.39 is 17.8 Å². The van der Waals surface area contributed by atoms with Gasteiger partial charge in [-0.2, -0.15) is 4.98 Å². The van der Waals surface area contributed by atoms with Crippen LogP contribution in [0.5, 0.6) is 0 Å². The lowest BCUT2D eigenvalue weighted by Gasteiger charge is -2.07. The summed E-state index contributed by atoms with van der Waals surface area (Å²) in [5.41, 5.74) is 0.153. The van der Waals surface area contributed by atoms with Gasteiger partial charge in [0.05, 0.1) is 7.11 Å². The molecule has 120 valence electrons. The summed E-state index contributed by atoms with van der Waals surface area (Å²) in [6.07, 6.45) is 0.602. The van der Waals surface area contributed by atoms with Crippen molar-refractivity contribution in [1.82, 2.24) is 9.55 Å². The Labute approximate surface area is 131 Å². The topological polar surface area (TPSA) is 99.5 Å². The van der Waals surface area contributed by atoms with E-state index in [0.717, 1.165) is 10.1 Å². The summed E-state index contributed by atoms with van der Waals surface area (Å²) in [4.78, 5) is 38.1. The van der Waals surface area contributed by atoms with Crippen molar-refractivity contribution in [3.8, 4) is 0 Å². The molecule has 0 spiro atoms. The molecular formula is C15H15N3O5. The minimum absolute atomic E-state index is 0.0363. The van der Waals surface area contributed by atoms with Gasteiger partial charge in [-0.1, -0.05) is 30.3 Å². The fraction of sp³-hybridized carbons (Fsp3) is 0.200. The van der Waals surface area contributed by atoms with Gasteiger partial charge in [-0.3, -0.25) is 14.7 Å². The summed E-state index contributed by atoms with van der Waals surface area (Å²) in [5, 5.41) is 2.35. The molecular weight excluding hydrogens is 302 g/mol. The number of rotatable bonds is 5. The van der Waals surface area contributed by atoms with E-state index in [2.05, 4.69) is 15.0 Å². The molecule has 0 fully saturated rings. The fourth-order valence-corrected chi connectivity index (χ4v) is 1.69. The van der Waals surface area contributed by atoms with Crippen molar-refractivity contribution in [1.29, 1.82) is 0 Å². The molecule has 1 amide bonds. The van der Waals surface area contributed by atoms with Crippen molar-refractivity contribution >= 4 is 17.9 Å². The number of aromatic nitrogens is 2. The summed E-state index contributed by atoms with van der Waals surface area (Å²) in [5.74, 6) is -0.536. The molecule has 8 nitrogen and oxygen atoms in total. The van der Waals surface area contributed by atoms with E-state index in [0.29, 0.717) is 0 Å². The minimum Gasteiger partial charge on any atom is -0.468 e. The number of nitrogens with zero attached hydrogens (tertiary/aromatic N) is 2. The molecule has 0 bridgehead atoms. The second kappa shape index (κ2) is 7.74. The molecule has 0 aliphatic heterocycles. The Balaban J connectivity index is 1.92. The predicted molar refractivity (Wildman–Crippen MR) is 80.8 cm³/mol. The molecule has 0 aliphatic rings. The molecule has 2 rings (SSSR count). The van der Waals surface area contributed by atoms with E-state index in [-0.39, 0.29) is 19.0 Å². The highest BCUT2D eigenvalue weighted by Gasteiger charge is 2.08. The van der Waals surface area contributed by atoms with Crippen LogP contribution in [0.1, 0.15) is 5.56 Å². The number of hydrogen-bond donors (Lipinski definition) is 1. The zero-order valence-electron chi connectivity index (χ0n) is 12.4. The molecule has 1 aromatic carbocycles. The van der Waals surface area contributed by atoms with Crippen LogP contribution in [0, 0.1) is 0 Å². The Morgan fingerprint density at radius 2 is 1.96 bits per heavy atom. The van der Waals surface area contributed by atoms with E-state index in [9.17, 15) is 14.4 Å².